The molecule has 4 nitrogen and oxygen atoms in total. The zero-order chi connectivity index (χ0) is 18.6. The van der Waals surface area contributed by atoms with Crippen LogP contribution in [0, 0.1) is 0 Å². The van der Waals surface area contributed by atoms with Crippen LogP contribution in [0.4, 0.5) is 0 Å². The Bertz CT molecular complexity index is 1040. The predicted octanol–water partition coefficient (Wildman–Crippen LogP) is 5.58. The number of rotatable bonds is 5. The Morgan fingerprint density at radius 2 is 1.63 bits per heavy atom. The van der Waals surface area contributed by atoms with E-state index in [0.29, 0.717) is 17.9 Å². The van der Waals surface area contributed by atoms with E-state index in [0.717, 1.165) is 26.5 Å². The minimum atomic E-state index is -0.397. The van der Waals surface area contributed by atoms with E-state index < -0.39 is 5.97 Å². The van der Waals surface area contributed by atoms with Gasteiger partial charge in [-0.1, -0.05) is 12.1 Å². The van der Waals surface area contributed by atoms with Gasteiger partial charge in [-0.25, -0.2) is 9.78 Å². The summed E-state index contributed by atoms with van der Waals surface area (Å²) in [6.45, 7) is 2.50. The number of hydrogen-bond donors (Lipinski definition) is 0. The molecular formula is C22H17NO3S. The van der Waals surface area contributed by atoms with Gasteiger partial charge in [0.25, 0.3) is 0 Å². The summed E-state index contributed by atoms with van der Waals surface area (Å²) >= 11 is 1.64. The van der Waals surface area contributed by atoms with Crippen LogP contribution in [0.3, 0.4) is 0 Å². The zero-order valence-corrected chi connectivity index (χ0v) is 15.5. The number of carbonyl (C=O) groups is 1. The van der Waals surface area contributed by atoms with Crippen LogP contribution in [0.2, 0.25) is 0 Å². The molecule has 0 aliphatic carbocycles. The predicted molar refractivity (Wildman–Crippen MR) is 108 cm³/mol. The number of aromatic nitrogens is 1. The lowest BCUT2D eigenvalue weighted by atomic mass is 10.2. The summed E-state index contributed by atoms with van der Waals surface area (Å²) in [6, 6.07) is 22.4. The fourth-order valence-corrected chi connectivity index (χ4v) is 3.65. The Balaban J connectivity index is 1.47. The SMILES string of the molecule is CCOc1ccc(C(=O)Oc2ccc(-c3nc4ccccc4s3)cc2)cc1. The van der Waals surface area contributed by atoms with Crippen LogP contribution >= 0.6 is 11.3 Å². The topological polar surface area (TPSA) is 48.4 Å². The average Bonchev–Trinajstić information content (AvgIpc) is 3.13. The summed E-state index contributed by atoms with van der Waals surface area (Å²) in [5.41, 5.74) is 2.47. The van der Waals surface area contributed by atoms with Gasteiger partial charge < -0.3 is 9.47 Å². The van der Waals surface area contributed by atoms with E-state index in [1.165, 1.54) is 0 Å². The second kappa shape index (κ2) is 7.60. The van der Waals surface area contributed by atoms with E-state index in [4.69, 9.17) is 9.47 Å². The first-order valence-electron chi connectivity index (χ1n) is 8.64. The van der Waals surface area contributed by atoms with Gasteiger partial charge in [0.1, 0.15) is 16.5 Å². The maximum atomic E-state index is 12.3. The van der Waals surface area contributed by atoms with Crippen LogP contribution < -0.4 is 9.47 Å². The summed E-state index contributed by atoms with van der Waals surface area (Å²) < 4.78 is 12.0. The number of fused-ring (bicyclic) bond motifs is 1. The first-order valence-corrected chi connectivity index (χ1v) is 9.45. The van der Waals surface area contributed by atoms with Gasteiger partial charge in [0.2, 0.25) is 0 Å². The van der Waals surface area contributed by atoms with Crippen molar-refractivity contribution in [2.24, 2.45) is 0 Å². The smallest absolute Gasteiger partial charge is 0.343 e. The fraction of sp³-hybridized carbons (Fsp3) is 0.0909. The zero-order valence-electron chi connectivity index (χ0n) is 14.7. The van der Waals surface area contributed by atoms with Gasteiger partial charge in [0.05, 0.1) is 22.4 Å². The van der Waals surface area contributed by atoms with Gasteiger partial charge in [-0.2, -0.15) is 0 Å². The van der Waals surface area contributed by atoms with Gasteiger partial charge in [-0.05, 0) is 67.6 Å². The Hall–Kier alpha value is -3.18. The molecule has 0 fully saturated rings. The van der Waals surface area contributed by atoms with Crippen molar-refractivity contribution in [3.63, 3.8) is 0 Å². The number of hydrogen-bond acceptors (Lipinski definition) is 5. The van der Waals surface area contributed by atoms with Crippen LogP contribution in [0.1, 0.15) is 17.3 Å². The summed E-state index contributed by atoms with van der Waals surface area (Å²) in [5, 5.41) is 0.945. The third kappa shape index (κ3) is 3.83. The van der Waals surface area contributed by atoms with E-state index in [1.807, 2.05) is 37.3 Å². The molecule has 0 saturated carbocycles. The van der Waals surface area contributed by atoms with Crippen LogP contribution in [-0.2, 0) is 0 Å². The van der Waals surface area contributed by atoms with Crippen molar-refractivity contribution in [2.75, 3.05) is 6.61 Å². The van der Waals surface area contributed by atoms with E-state index >= 15 is 0 Å². The Morgan fingerprint density at radius 3 is 2.33 bits per heavy atom. The highest BCUT2D eigenvalue weighted by atomic mass is 32.1. The van der Waals surface area contributed by atoms with Crippen molar-refractivity contribution in [3.05, 3.63) is 78.4 Å². The number of esters is 1. The minimum Gasteiger partial charge on any atom is -0.494 e. The molecule has 3 aromatic carbocycles. The van der Waals surface area contributed by atoms with E-state index in [-0.39, 0.29) is 0 Å². The molecule has 0 bridgehead atoms. The van der Waals surface area contributed by atoms with Gasteiger partial charge >= 0.3 is 5.97 Å². The Kier molecular flexibility index (Phi) is 4.85. The van der Waals surface area contributed by atoms with E-state index in [2.05, 4.69) is 11.1 Å². The number of ether oxygens (including phenoxy) is 2. The van der Waals surface area contributed by atoms with Gasteiger partial charge in [0, 0.05) is 5.56 Å². The molecule has 0 spiro atoms. The second-order valence-corrected chi connectivity index (χ2v) is 6.89. The average molecular weight is 375 g/mol. The molecule has 1 aromatic heterocycles. The van der Waals surface area contributed by atoms with Gasteiger partial charge in [-0.3, -0.25) is 0 Å². The molecular weight excluding hydrogens is 358 g/mol. The van der Waals surface area contributed by atoms with Crippen molar-refractivity contribution in [1.82, 2.24) is 4.98 Å². The highest BCUT2D eigenvalue weighted by molar-refractivity contribution is 7.21. The number of carbonyl (C=O) groups excluding carboxylic acids is 1. The van der Waals surface area contributed by atoms with Gasteiger partial charge in [-0.15, -0.1) is 11.3 Å². The van der Waals surface area contributed by atoms with Crippen molar-refractivity contribution in [3.8, 4) is 22.1 Å². The summed E-state index contributed by atoms with van der Waals surface area (Å²) in [7, 11) is 0. The van der Waals surface area contributed by atoms with E-state index in [1.54, 1.807) is 47.7 Å². The first kappa shape index (κ1) is 17.2. The molecule has 4 rings (SSSR count). The van der Waals surface area contributed by atoms with Crippen LogP contribution in [0.15, 0.2) is 72.8 Å². The quantitative estimate of drug-likeness (QED) is 0.337. The van der Waals surface area contributed by atoms with Crippen LogP contribution in [0.25, 0.3) is 20.8 Å². The minimum absolute atomic E-state index is 0.397. The van der Waals surface area contributed by atoms with Crippen LogP contribution in [0.5, 0.6) is 11.5 Å². The lowest BCUT2D eigenvalue weighted by molar-refractivity contribution is 0.0735. The Labute approximate surface area is 161 Å². The molecule has 27 heavy (non-hydrogen) atoms. The number of para-hydroxylation sites is 1. The molecule has 0 atom stereocenters. The molecule has 0 radical (unpaired) electrons. The highest BCUT2D eigenvalue weighted by Crippen LogP contribution is 2.31. The summed E-state index contributed by atoms with van der Waals surface area (Å²) in [4.78, 5) is 16.9. The van der Waals surface area contributed by atoms with Crippen molar-refractivity contribution in [2.45, 2.75) is 6.92 Å². The molecule has 0 saturated heterocycles. The van der Waals surface area contributed by atoms with Crippen molar-refractivity contribution < 1.29 is 14.3 Å². The summed E-state index contributed by atoms with van der Waals surface area (Å²) in [6.07, 6.45) is 0. The fourth-order valence-electron chi connectivity index (χ4n) is 2.68. The molecule has 0 N–H and O–H groups in total. The highest BCUT2D eigenvalue weighted by Gasteiger charge is 2.10. The Morgan fingerprint density at radius 1 is 0.926 bits per heavy atom. The molecule has 4 aromatic rings. The van der Waals surface area contributed by atoms with E-state index in [9.17, 15) is 4.79 Å². The third-order valence-electron chi connectivity index (χ3n) is 4.01. The number of nitrogens with zero attached hydrogens (tertiary/aromatic N) is 1. The standard InChI is InChI=1S/C22H17NO3S/c1-2-25-17-11-9-16(10-12-17)22(24)26-18-13-7-15(8-14-18)21-23-19-5-3-4-6-20(19)27-21/h3-14H,2H2,1H3. The first-order chi connectivity index (χ1) is 13.2. The van der Waals surface area contributed by atoms with Crippen LogP contribution in [-0.4, -0.2) is 17.6 Å². The van der Waals surface area contributed by atoms with Crippen molar-refractivity contribution in [1.29, 1.82) is 0 Å². The molecule has 0 aliphatic rings. The normalized spacial score (nSPS) is 10.7. The maximum absolute atomic E-state index is 12.3. The summed E-state index contributed by atoms with van der Waals surface area (Å²) in [5.74, 6) is 0.832. The molecule has 1 heterocycles. The number of thiazole rings is 1. The molecule has 0 aliphatic heterocycles. The molecule has 134 valence electrons. The molecule has 0 unspecified atom stereocenters. The second-order valence-electron chi connectivity index (χ2n) is 5.86. The van der Waals surface area contributed by atoms with Crippen molar-refractivity contribution >= 4 is 27.5 Å². The molecule has 0 amide bonds. The van der Waals surface area contributed by atoms with Gasteiger partial charge in [0.15, 0.2) is 0 Å². The largest absolute Gasteiger partial charge is 0.494 e. The molecule has 5 heteroatoms. The lowest BCUT2D eigenvalue weighted by Crippen LogP contribution is -2.08. The maximum Gasteiger partial charge on any atom is 0.343 e. The number of benzene rings is 3. The lowest BCUT2D eigenvalue weighted by Gasteiger charge is -2.06. The monoisotopic (exact) mass is 375 g/mol. The third-order valence-corrected chi connectivity index (χ3v) is 5.09.